The Labute approximate surface area is 125 Å². The number of aromatic nitrogens is 3. The van der Waals surface area contributed by atoms with E-state index in [2.05, 4.69) is 10.1 Å². The highest BCUT2D eigenvalue weighted by molar-refractivity contribution is 5.92. The van der Waals surface area contributed by atoms with Crippen LogP contribution in [0.2, 0.25) is 0 Å². The van der Waals surface area contributed by atoms with Crippen LogP contribution in [0.3, 0.4) is 0 Å². The number of anilines is 1. The number of nitrogens with one attached hydrogen (secondary N) is 2. The first-order valence-corrected chi connectivity index (χ1v) is 6.09. The van der Waals surface area contributed by atoms with Gasteiger partial charge < -0.3 is 4.74 Å². The van der Waals surface area contributed by atoms with E-state index in [0.717, 1.165) is 18.2 Å². The number of H-pyrrole nitrogens is 1. The summed E-state index contributed by atoms with van der Waals surface area (Å²) in [5.74, 6) is -5.22. The maximum absolute atomic E-state index is 13.0. The normalized spacial score (nSPS) is 12.8. The summed E-state index contributed by atoms with van der Waals surface area (Å²) in [6, 6.07) is 2.63. The van der Waals surface area contributed by atoms with E-state index < -0.39 is 41.6 Å². The molecule has 1 aromatic carbocycles. The van der Waals surface area contributed by atoms with Crippen LogP contribution < -0.4 is 10.1 Å². The fourth-order valence-electron chi connectivity index (χ4n) is 1.46. The number of carbonyl (C=O) groups excluding carboxylic acids is 1. The number of amides is 1. The highest BCUT2D eigenvalue weighted by atomic mass is 19.4. The quantitative estimate of drug-likeness (QED) is 0.841. The minimum absolute atomic E-state index is 0.127. The van der Waals surface area contributed by atoms with Crippen molar-refractivity contribution in [3.63, 3.8) is 0 Å². The molecule has 2 rings (SSSR count). The topological polar surface area (TPSA) is 79.9 Å². The van der Waals surface area contributed by atoms with E-state index in [0.29, 0.717) is 0 Å². The van der Waals surface area contributed by atoms with Gasteiger partial charge in [0.1, 0.15) is 5.75 Å². The third kappa shape index (κ3) is 4.14. The van der Waals surface area contributed by atoms with Gasteiger partial charge in [-0.15, -0.1) is 5.10 Å². The number of ether oxygens (including phenoxy) is 1. The van der Waals surface area contributed by atoms with Gasteiger partial charge in [-0.1, -0.05) is 0 Å². The van der Waals surface area contributed by atoms with Crippen LogP contribution >= 0.6 is 0 Å². The molecular formula is C12H9F5N4O2. The second kappa shape index (κ2) is 6.18. The molecule has 1 atom stereocenters. The third-order valence-corrected chi connectivity index (χ3v) is 2.56. The number of nitrogens with zero attached hydrogens (tertiary/aromatic N) is 2. The number of alkyl halides is 3. The molecule has 0 spiro atoms. The Morgan fingerprint density at radius 2 is 2.00 bits per heavy atom. The van der Waals surface area contributed by atoms with Crippen LogP contribution in [0.25, 0.3) is 0 Å². The van der Waals surface area contributed by atoms with Gasteiger partial charge in [-0.05, 0) is 19.1 Å². The summed E-state index contributed by atoms with van der Waals surface area (Å²) < 4.78 is 67.8. The maximum Gasteiger partial charge on any atom is 0.451 e. The first-order valence-electron chi connectivity index (χ1n) is 6.09. The summed E-state index contributed by atoms with van der Waals surface area (Å²) in [4.78, 5) is 14.8. The summed E-state index contributed by atoms with van der Waals surface area (Å²) in [5.41, 5.74) is 0. The van der Waals surface area contributed by atoms with E-state index in [9.17, 15) is 26.7 Å². The zero-order valence-corrected chi connectivity index (χ0v) is 11.4. The SMILES string of the molecule is C[C@H](Oc1ccc(F)c(F)c1)C(=O)Nc1n[nH]c(C(F)(F)F)n1. The van der Waals surface area contributed by atoms with Crippen molar-refractivity contribution in [2.45, 2.75) is 19.2 Å². The molecule has 0 aliphatic rings. The van der Waals surface area contributed by atoms with Gasteiger partial charge in [0.2, 0.25) is 11.8 Å². The van der Waals surface area contributed by atoms with Crippen molar-refractivity contribution in [2.24, 2.45) is 0 Å². The van der Waals surface area contributed by atoms with Gasteiger partial charge in [0.25, 0.3) is 5.91 Å². The molecule has 1 amide bonds. The average Bonchev–Trinajstić information content (AvgIpc) is 2.91. The molecule has 0 aliphatic heterocycles. The highest BCUT2D eigenvalue weighted by Crippen LogP contribution is 2.26. The molecule has 11 heteroatoms. The van der Waals surface area contributed by atoms with Gasteiger partial charge >= 0.3 is 6.18 Å². The molecular weight excluding hydrogens is 327 g/mol. The van der Waals surface area contributed by atoms with Crippen molar-refractivity contribution in [3.8, 4) is 5.75 Å². The minimum Gasteiger partial charge on any atom is -0.481 e. The lowest BCUT2D eigenvalue weighted by Crippen LogP contribution is -2.30. The third-order valence-electron chi connectivity index (χ3n) is 2.56. The zero-order chi connectivity index (χ0) is 17.2. The minimum atomic E-state index is -4.73. The van der Waals surface area contributed by atoms with Crippen molar-refractivity contribution >= 4 is 11.9 Å². The number of hydrogen-bond acceptors (Lipinski definition) is 4. The van der Waals surface area contributed by atoms with Crippen LogP contribution in [0.5, 0.6) is 5.75 Å². The Bertz CT molecular complexity index is 716. The predicted molar refractivity (Wildman–Crippen MR) is 66.5 cm³/mol. The van der Waals surface area contributed by atoms with Crippen LogP contribution in [-0.2, 0) is 11.0 Å². The average molecular weight is 336 g/mol. The zero-order valence-electron chi connectivity index (χ0n) is 11.4. The Morgan fingerprint density at radius 3 is 2.57 bits per heavy atom. The molecule has 0 bridgehead atoms. The number of benzene rings is 1. The predicted octanol–water partition coefficient (Wildman–Crippen LogP) is 2.51. The Hall–Kier alpha value is -2.72. The van der Waals surface area contributed by atoms with Gasteiger partial charge in [0.05, 0.1) is 0 Å². The number of rotatable bonds is 4. The lowest BCUT2D eigenvalue weighted by Gasteiger charge is -2.13. The summed E-state index contributed by atoms with van der Waals surface area (Å²) >= 11 is 0. The van der Waals surface area contributed by atoms with Gasteiger partial charge in [0, 0.05) is 6.07 Å². The molecule has 1 heterocycles. The lowest BCUT2D eigenvalue weighted by atomic mass is 10.3. The largest absolute Gasteiger partial charge is 0.481 e. The summed E-state index contributed by atoms with van der Waals surface area (Å²) in [6.45, 7) is 1.26. The molecule has 6 nitrogen and oxygen atoms in total. The van der Waals surface area contributed by atoms with Gasteiger partial charge in [0.15, 0.2) is 17.7 Å². The van der Waals surface area contributed by atoms with E-state index in [1.165, 1.54) is 6.92 Å². The molecule has 0 saturated heterocycles. The van der Waals surface area contributed by atoms with Crippen LogP contribution in [-0.4, -0.2) is 27.2 Å². The van der Waals surface area contributed by atoms with Crippen molar-refractivity contribution in [1.82, 2.24) is 15.2 Å². The fourth-order valence-corrected chi connectivity index (χ4v) is 1.46. The first kappa shape index (κ1) is 16.6. The second-order valence-electron chi connectivity index (χ2n) is 4.33. The number of carbonyl (C=O) groups is 1. The molecule has 1 aromatic heterocycles. The van der Waals surface area contributed by atoms with E-state index in [-0.39, 0.29) is 5.75 Å². The Balaban J connectivity index is 1.99. The van der Waals surface area contributed by atoms with Crippen LogP contribution in [0.1, 0.15) is 12.7 Å². The summed E-state index contributed by atoms with van der Waals surface area (Å²) in [6.07, 6.45) is -5.95. The Kier molecular flexibility index (Phi) is 4.48. The number of aromatic amines is 1. The first-order chi connectivity index (χ1) is 10.7. The molecule has 124 valence electrons. The molecule has 0 saturated carbocycles. The molecule has 2 N–H and O–H groups in total. The molecule has 23 heavy (non-hydrogen) atoms. The fraction of sp³-hybridized carbons (Fsp3) is 0.250. The van der Waals surface area contributed by atoms with Crippen molar-refractivity contribution in [3.05, 3.63) is 35.7 Å². The van der Waals surface area contributed by atoms with Crippen molar-refractivity contribution in [2.75, 3.05) is 5.32 Å². The number of halogens is 5. The highest BCUT2D eigenvalue weighted by Gasteiger charge is 2.35. The van der Waals surface area contributed by atoms with Gasteiger partial charge in [-0.3, -0.25) is 15.2 Å². The van der Waals surface area contributed by atoms with Crippen LogP contribution in [0, 0.1) is 11.6 Å². The lowest BCUT2D eigenvalue weighted by molar-refractivity contribution is -0.144. The van der Waals surface area contributed by atoms with Crippen molar-refractivity contribution in [1.29, 1.82) is 0 Å². The summed E-state index contributed by atoms with van der Waals surface area (Å²) in [5, 5.41) is 6.80. The number of hydrogen-bond donors (Lipinski definition) is 2. The van der Waals surface area contributed by atoms with E-state index >= 15 is 0 Å². The van der Waals surface area contributed by atoms with Crippen LogP contribution in [0.15, 0.2) is 18.2 Å². The standard InChI is InChI=1S/C12H9F5N4O2/c1-5(23-6-2-3-7(13)8(14)4-6)9(22)18-11-19-10(20-21-11)12(15,16)17/h2-5H,1H3,(H2,18,19,20,21,22)/t5-/m0/s1. The maximum atomic E-state index is 13.0. The molecule has 0 unspecified atom stereocenters. The molecule has 0 aliphatic carbocycles. The monoisotopic (exact) mass is 336 g/mol. The van der Waals surface area contributed by atoms with Crippen LogP contribution in [0.4, 0.5) is 27.9 Å². The van der Waals surface area contributed by atoms with E-state index in [1.54, 1.807) is 5.10 Å². The Morgan fingerprint density at radius 1 is 1.30 bits per heavy atom. The van der Waals surface area contributed by atoms with E-state index in [1.807, 2.05) is 5.32 Å². The molecule has 2 aromatic rings. The summed E-state index contributed by atoms with van der Waals surface area (Å²) in [7, 11) is 0. The second-order valence-corrected chi connectivity index (χ2v) is 4.33. The van der Waals surface area contributed by atoms with Gasteiger partial charge in [-0.25, -0.2) is 8.78 Å². The van der Waals surface area contributed by atoms with E-state index in [4.69, 9.17) is 4.74 Å². The smallest absolute Gasteiger partial charge is 0.451 e. The molecule has 0 fully saturated rings. The van der Waals surface area contributed by atoms with Gasteiger partial charge in [-0.2, -0.15) is 18.2 Å². The molecule has 0 radical (unpaired) electrons. The van der Waals surface area contributed by atoms with Crippen molar-refractivity contribution < 1.29 is 31.5 Å².